The minimum Gasteiger partial charge on any atom is -0.508 e. The van der Waals surface area contributed by atoms with Crippen LogP contribution >= 0.6 is 0 Å². The third-order valence-corrected chi connectivity index (χ3v) is 13.3. The van der Waals surface area contributed by atoms with Gasteiger partial charge in [0.05, 0.1) is 32.7 Å². The van der Waals surface area contributed by atoms with E-state index in [-0.39, 0.29) is 102 Å². The van der Waals surface area contributed by atoms with Gasteiger partial charge in [-0.1, -0.05) is 46.2 Å². The number of carbonyl (C=O) groups is 11. The molecule has 1 heterocycles. The Balaban J connectivity index is 2.50. The predicted octanol–water partition coefficient (Wildman–Crippen LogP) is -4.51. The van der Waals surface area contributed by atoms with Crippen molar-refractivity contribution in [2.24, 2.45) is 44.8 Å². The van der Waals surface area contributed by atoms with Crippen LogP contribution in [0.15, 0.2) is 34.3 Å². The summed E-state index contributed by atoms with van der Waals surface area (Å²) < 4.78 is 0. The van der Waals surface area contributed by atoms with Crippen molar-refractivity contribution in [1.29, 1.82) is 0 Å². The number of amides is 6. The van der Waals surface area contributed by atoms with Crippen molar-refractivity contribution >= 4 is 77.2 Å². The predicted molar refractivity (Wildman–Crippen MR) is 298 cm³/mol. The van der Waals surface area contributed by atoms with E-state index in [0.717, 1.165) is 9.80 Å². The van der Waals surface area contributed by atoms with Gasteiger partial charge >= 0.3 is 29.8 Å². The first-order chi connectivity index (χ1) is 39.0. The Labute approximate surface area is 479 Å². The molecule has 7 atom stereocenters. The highest BCUT2D eigenvalue weighted by atomic mass is 16.4. The molecule has 1 aromatic carbocycles. The first-order valence-electron chi connectivity index (χ1n) is 27.0. The van der Waals surface area contributed by atoms with Crippen LogP contribution in [0.3, 0.4) is 0 Å². The van der Waals surface area contributed by atoms with Crippen LogP contribution in [0, 0.1) is 11.8 Å². The van der Waals surface area contributed by atoms with Crippen LogP contribution in [-0.4, -0.2) is 242 Å². The number of aliphatic imine (C=N–C) groups is 2. The van der Waals surface area contributed by atoms with Crippen molar-refractivity contribution in [3.05, 3.63) is 29.8 Å². The molecule has 1 saturated heterocycles. The smallest absolute Gasteiger partial charge is 0.326 e. The highest BCUT2D eigenvalue weighted by Gasteiger charge is 2.40. The molecule has 0 radical (unpaired) electrons. The number of phenolic OH excluding ortho intramolecular Hbond substituents is 1. The van der Waals surface area contributed by atoms with Gasteiger partial charge in [-0.2, -0.15) is 0 Å². The van der Waals surface area contributed by atoms with Crippen LogP contribution in [0.1, 0.15) is 78.2 Å². The lowest BCUT2D eigenvalue weighted by atomic mass is 9.95. The van der Waals surface area contributed by atoms with E-state index in [1.165, 1.54) is 34.1 Å². The van der Waals surface area contributed by atoms with Gasteiger partial charge in [-0.3, -0.25) is 72.6 Å². The van der Waals surface area contributed by atoms with Gasteiger partial charge in [-0.05, 0) is 68.1 Å². The minimum absolute atomic E-state index is 0.00500. The van der Waals surface area contributed by atoms with Crippen LogP contribution in [-0.2, 0) is 59.2 Å². The molecule has 0 bridgehead atoms. The monoisotopic (exact) mass is 1180 g/mol. The summed E-state index contributed by atoms with van der Waals surface area (Å²) in [7, 11) is 0. The van der Waals surface area contributed by atoms with Gasteiger partial charge < -0.3 is 85.1 Å². The van der Waals surface area contributed by atoms with Crippen molar-refractivity contribution < 1.29 is 83.4 Å². The molecule has 464 valence electrons. The van der Waals surface area contributed by atoms with E-state index >= 15 is 0 Å². The quantitative estimate of drug-likeness (QED) is 0.0167. The Morgan fingerprint density at radius 3 is 1.55 bits per heavy atom. The number of aliphatic carboxylic acids is 5. The van der Waals surface area contributed by atoms with Crippen molar-refractivity contribution in [2.75, 3.05) is 78.5 Å². The molecule has 19 N–H and O–H groups in total. The molecule has 83 heavy (non-hydrogen) atoms. The molecule has 0 saturated carbocycles. The van der Waals surface area contributed by atoms with E-state index in [2.05, 4.69) is 36.6 Å². The molecule has 1 fully saturated rings. The van der Waals surface area contributed by atoms with Gasteiger partial charge in [0.1, 0.15) is 42.0 Å². The molecule has 1 aliphatic heterocycles. The maximum Gasteiger partial charge on any atom is 0.326 e. The zero-order chi connectivity index (χ0) is 62.5. The molecule has 0 aliphatic carbocycles. The van der Waals surface area contributed by atoms with Gasteiger partial charge in [-0.15, -0.1) is 0 Å². The van der Waals surface area contributed by atoms with Crippen LogP contribution in [0.25, 0.3) is 0 Å². The molecule has 1 aliphatic rings. The zero-order valence-corrected chi connectivity index (χ0v) is 47.2. The minimum atomic E-state index is -1.44. The van der Waals surface area contributed by atoms with E-state index in [1.807, 2.05) is 0 Å². The molecule has 1 aromatic rings. The molecule has 32 heteroatoms. The van der Waals surface area contributed by atoms with Crippen LogP contribution < -0.4 is 49.5 Å². The molecule has 6 amide bonds. The lowest BCUT2D eigenvalue weighted by Crippen LogP contribution is -2.60. The molecular formula is C51H83N15O17. The number of carboxylic acids is 5. The van der Waals surface area contributed by atoms with E-state index < -0.39 is 146 Å². The van der Waals surface area contributed by atoms with Crippen molar-refractivity contribution in [2.45, 2.75) is 115 Å². The Kier molecular flexibility index (Phi) is 30.8. The van der Waals surface area contributed by atoms with Crippen molar-refractivity contribution in [3.8, 4) is 5.75 Å². The summed E-state index contributed by atoms with van der Waals surface area (Å²) in [5, 5.41) is 70.7. The first-order valence-corrected chi connectivity index (χ1v) is 27.0. The summed E-state index contributed by atoms with van der Waals surface area (Å²) >= 11 is 0. The normalized spacial score (nSPS) is 15.2. The van der Waals surface area contributed by atoms with Gasteiger partial charge in [0.15, 0.2) is 11.9 Å². The second kappa shape index (κ2) is 36.2. The highest BCUT2D eigenvalue weighted by molar-refractivity contribution is 5.97. The number of phenols is 1. The second-order valence-electron chi connectivity index (χ2n) is 20.4. The van der Waals surface area contributed by atoms with Crippen molar-refractivity contribution in [3.63, 3.8) is 0 Å². The number of nitrogens with one attached hydrogen (secondary N) is 5. The fourth-order valence-corrected chi connectivity index (χ4v) is 8.84. The molecule has 0 aromatic heterocycles. The summed E-state index contributed by atoms with van der Waals surface area (Å²) in [5.74, 6) is -13.2. The lowest BCUT2D eigenvalue weighted by Gasteiger charge is -2.31. The van der Waals surface area contributed by atoms with Crippen molar-refractivity contribution in [1.82, 2.24) is 46.2 Å². The SMILES string of the molecule is CC[C@H](C)[C@@H](NC(=O)[C@H](Cc1ccc(O)cc1)NC(=O)[C@@H]1CCCN1C(=O)[C@H](CCCN=C(N)N)NC(=O)[C@H](CCCN=C(N)N)NC(=O)CN(CCN(CCN(CC(=O)O)CC(=O)O)CC(=O)O)CC(=O)O)C(=O)N[C@@H](C(=O)O)C(C)C. The number of benzene rings is 1. The van der Waals surface area contributed by atoms with Crippen LogP contribution in [0.5, 0.6) is 5.75 Å². The molecule has 2 rings (SSSR count). The maximum atomic E-state index is 14.7. The number of nitrogens with zero attached hydrogens (tertiary/aromatic N) is 6. The highest BCUT2D eigenvalue weighted by Crippen LogP contribution is 2.22. The largest absolute Gasteiger partial charge is 0.508 e. The molecule has 32 nitrogen and oxygen atoms in total. The Morgan fingerprint density at radius 2 is 1.07 bits per heavy atom. The number of carboxylic acid groups (broad SMARTS) is 5. The lowest BCUT2D eigenvalue weighted by molar-refractivity contribution is -0.144. The molecule has 0 unspecified atom stereocenters. The zero-order valence-electron chi connectivity index (χ0n) is 47.2. The van der Waals surface area contributed by atoms with Gasteiger partial charge in [-0.25, -0.2) is 4.79 Å². The van der Waals surface area contributed by atoms with E-state index in [1.54, 1.807) is 27.7 Å². The van der Waals surface area contributed by atoms with Gasteiger partial charge in [0, 0.05) is 52.2 Å². The van der Waals surface area contributed by atoms with Gasteiger partial charge in [0.2, 0.25) is 35.4 Å². The summed E-state index contributed by atoms with van der Waals surface area (Å²) in [4.78, 5) is 156. The Bertz CT molecular complexity index is 2420. The topological polar surface area (TPSA) is 511 Å². The number of carbonyl (C=O) groups excluding carboxylic acids is 6. The number of aromatic hydroxyl groups is 1. The number of nitrogens with two attached hydrogens (primary N) is 4. The van der Waals surface area contributed by atoms with Crippen LogP contribution in [0.2, 0.25) is 0 Å². The fraction of sp³-hybridized carbons (Fsp3) is 0.627. The Hall–Kier alpha value is -8.39. The second-order valence-corrected chi connectivity index (χ2v) is 20.4. The third-order valence-electron chi connectivity index (χ3n) is 13.3. The number of hydrogen-bond acceptors (Lipinski definition) is 17. The number of guanidine groups is 2. The summed E-state index contributed by atoms with van der Waals surface area (Å²) in [6, 6.07) is -2.23. The van der Waals surface area contributed by atoms with Gasteiger partial charge in [0.25, 0.3) is 0 Å². The van der Waals surface area contributed by atoms with E-state index in [4.69, 9.17) is 22.9 Å². The van der Waals surface area contributed by atoms with E-state index in [9.17, 15) is 83.4 Å². The summed E-state index contributed by atoms with van der Waals surface area (Å²) in [5.41, 5.74) is 22.6. The standard InChI is InChI=1S/C51H83N15O17/c1-5-30(4)43(47(80)61-42(29(2)3)49(82)83)62-45(78)35(23-31-12-14-32(67)15-13-31)60-46(79)36-11-8-18-66(36)48(81)34(10-7-17-57-51(54)55)59-44(77)33(9-6-16-56-50(52)53)58-37(68)24-64(26-39(71)72)21-19-63(25-38(69)70)20-22-65(27-40(73)74)28-41(75)76/h12-15,29-30,33-36,42-43,67H,5-11,16-28H2,1-4H3,(H,58,68)(H,59,77)(H,60,79)(H,61,80)(H,62,78)(H,69,70)(H,71,72)(H,73,74)(H,75,76)(H,82,83)(H4,52,53,56)(H4,54,55,57)/t30-,33-,34-,35-,36-,42+,43+/m0/s1. The number of hydrogen-bond donors (Lipinski definition) is 15. The fourth-order valence-electron chi connectivity index (χ4n) is 8.84. The summed E-state index contributed by atoms with van der Waals surface area (Å²) in [6.07, 6.45) is 0.529. The van der Waals surface area contributed by atoms with Crippen LogP contribution in [0.4, 0.5) is 0 Å². The molecule has 0 spiro atoms. The Morgan fingerprint density at radius 1 is 0.602 bits per heavy atom. The van der Waals surface area contributed by atoms with E-state index in [0.29, 0.717) is 18.4 Å². The summed E-state index contributed by atoms with van der Waals surface area (Å²) in [6.45, 7) is 2.45. The average molecular weight is 1180 g/mol. The first kappa shape index (κ1) is 70.7. The third kappa shape index (κ3) is 27.3. The average Bonchev–Trinajstić information content (AvgIpc) is 4.06. The molecular weight excluding hydrogens is 1090 g/mol. The number of rotatable bonds is 40. The maximum absolute atomic E-state index is 14.7. The number of likely N-dealkylation sites (tertiary alicyclic amines) is 1.